The maximum absolute atomic E-state index is 4.43. The smallest absolute Gasteiger partial charge is 0.155 e. The van der Waals surface area contributed by atoms with Gasteiger partial charge >= 0.3 is 0 Å². The highest BCUT2D eigenvalue weighted by Crippen LogP contribution is 2.10. The third kappa shape index (κ3) is 2.47. The summed E-state index contributed by atoms with van der Waals surface area (Å²) in [6.07, 6.45) is 3.75. The van der Waals surface area contributed by atoms with Crippen molar-refractivity contribution in [3.8, 4) is 5.82 Å². The lowest BCUT2D eigenvalue weighted by molar-refractivity contribution is 0.847. The first kappa shape index (κ1) is 10.4. The zero-order valence-electron chi connectivity index (χ0n) is 8.31. The van der Waals surface area contributed by atoms with E-state index in [4.69, 9.17) is 0 Å². The van der Waals surface area contributed by atoms with E-state index in [0.29, 0.717) is 0 Å². The van der Waals surface area contributed by atoms with Crippen LogP contribution in [0, 0.1) is 3.57 Å². The molecular weight excluding hydrogens is 303 g/mol. The Morgan fingerprint density at radius 1 is 1.47 bits per heavy atom. The number of hydrogen-bond acceptors (Lipinski definition) is 3. The highest BCUT2D eigenvalue weighted by atomic mass is 127. The maximum Gasteiger partial charge on any atom is 0.155 e. The molecule has 0 fully saturated rings. The zero-order valence-corrected chi connectivity index (χ0v) is 10.5. The molecule has 0 atom stereocenters. The van der Waals surface area contributed by atoms with Gasteiger partial charge in [0.2, 0.25) is 0 Å². The van der Waals surface area contributed by atoms with Crippen LogP contribution in [0.15, 0.2) is 30.6 Å². The number of aromatic nitrogens is 3. The molecule has 0 aromatic carbocycles. The highest BCUT2D eigenvalue weighted by molar-refractivity contribution is 14.1. The van der Waals surface area contributed by atoms with Crippen LogP contribution in [0.3, 0.4) is 0 Å². The van der Waals surface area contributed by atoms with Gasteiger partial charge in [0.05, 0.1) is 9.77 Å². The summed E-state index contributed by atoms with van der Waals surface area (Å²) >= 11 is 2.23. The summed E-state index contributed by atoms with van der Waals surface area (Å²) in [4.78, 5) is 4.43. The average molecular weight is 314 g/mol. The van der Waals surface area contributed by atoms with Crippen LogP contribution in [0.2, 0.25) is 0 Å². The minimum absolute atomic E-state index is 0.830. The number of pyridine rings is 1. The predicted octanol–water partition coefficient (Wildman–Crippen LogP) is 2.30. The summed E-state index contributed by atoms with van der Waals surface area (Å²) in [5.74, 6) is 1.71. The molecule has 0 aliphatic carbocycles. The van der Waals surface area contributed by atoms with E-state index in [1.54, 1.807) is 4.68 Å². The number of halogens is 1. The van der Waals surface area contributed by atoms with Gasteiger partial charge in [-0.05, 0) is 41.6 Å². The number of hydrogen-bond donors (Lipinski definition) is 1. The van der Waals surface area contributed by atoms with E-state index in [0.717, 1.165) is 21.8 Å². The van der Waals surface area contributed by atoms with E-state index in [-0.39, 0.29) is 0 Å². The summed E-state index contributed by atoms with van der Waals surface area (Å²) in [5, 5.41) is 7.38. The van der Waals surface area contributed by atoms with E-state index < -0.39 is 0 Å². The van der Waals surface area contributed by atoms with E-state index >= 15 is 0 Å². The minimum atomic E-state index is 0.830. The standard InChI is InChI=1S/C10H11IN4/c1-2-12-9-4-3-5-10(14-9)15-7-8(11)6-13-15/h3-7H,2H2,1H3,(H,12,14). The van der Waals surface area contributed by atoms with Gasteiger partial charge in [0.15, 0.2) is 5.82 Å². The first-order valence-corrected chi connectivity index (χ1v) is 5.79. The minimum Gasteiger partial charge on any atom is -0.370 e. The van der Waals surface area contributed by atoms with Crippen molar-refractivity contribution in [3.63, 3.8) is 0 Å². The lowest BCUT2D eigenvalue weighted by Crippen LogP contribution is -2.03. The van der Waals surface area contributed by atoms with Gasteiger partial charge in [-0.15, -0.1) is 0 Å². The Labute approximate surface area is 102 Å². The molecule has 2 aromatic heterocycles. The van der Waals surface area contributed by atoms with Crippen molar-refractivity contribution in [1.82, 2.24) is 14.8 Å². The molecule has 78 valence electrons. The summed E-state index contributed by atoms with van der Waals surface area (Å²) in [7, 11) is 0. The van der Waals surface area contributed by atoms with Gasteiger partial charge < -0.3 is 5.32 Å². The number of anilines is 1. The molecule has 15 heavy (non-hydrogen) atoms. The molecule has 2 aromatic rings. The summed E-state index contributed by atoms with van der Waals surface area (Å²) in [5.41, 5.74) is 0. The first-order valence-electron chi connectivity index (χ1n) is 4.71. The molecule has 0 saturated carbocycles. The normalized spacial score (nSPS) is 10.3. The van der Waals surface area contributed by atoms with Gasteiger partial charge in [-0.2, -0.15) is 5.10 Å². The zero-order chi connectivity index (χ0) is 10.7. The second-order valence-corrected chi connectivity index (χ2v) is 4.26. The largest absolute Gasteiger partial charge is 0.370 e. The molecule has 0 aliphatic rings. The Balaban J connectivity index is 2.32. The quantitative estimate of drug-likeness (QED) is 0.884. The van der Waals surface area contributed by atoms with Gasteiger partial charge in [-0.3, -0.25) is 0 Å². The average Bonchev–Trinajstić information content (AvgIpc) is 2.66. The molecule has 1 N–H and O–H groups in total. The highest BCUT2D eigenvalue weighted by Gasteiger charge is 2.00. The number of rotatable bonds is 3. The Kier molecular flexibility index (Phi) is 3.20. The summed E-state index contributed by atoms with van der Waals surface area (Å²) in [6.45, 7) is 2.91. The van der Waals surface area contributed by atoms with Crippen molar-refractivity contribution in [2.45, 2.75) is 6.92 Å². The second-order valence-electron chi connectivity index (χ2n) is 3.01. The first-order chi connectivity index (χ1) is 7.29. The van der Waals surface area contributed by atoms with Crippen LogP contribution in [0.25, 0.3) is 5.82 Å². The van der Waals surface area contributed by atoms with Crippen molar-refractivity contribution in [2.75, 3.05) is 11.9 Å². The van der Waals surface area contributed by atoms with Gasteiger partial charge in [0, 0.05) is 12.7 Å². The van der Waals surface area contributed by atoms with E-state index in [1.165, 1.54) is 0 Å². The SMILES string of the molecule is CCNc1cccc(-n2cc(I)cn2)n1. The predicted molar refractivity (Wildman–Crippen MR) is 68.2 cm³/mol. The molecule has 0 bridgehead atoms. The fraction of sp³-hybridized carbons (Fsp3) is 0.200. The fourth-order valence-corrected chi connectivity index (χ4v) is 1.64. The summed E-state index contributed by atoms with van der Waals surface area (Å²) in [6, 6.07) is 5.85. The van der Waals surface area contributed by atoms with Crippen LogP contribution in [0.4, 0.5) is 5.82 Å². The van der Waals surface area contributed by atoms with E-state index in [2.05, 4.69) is 38.0 Å². The molecule has 0 saturated heterocycles. The molecular formula is C10H11IN4. The fourth-order valence-electron chi connectivity index (χ4n) is 1.26. The van der Waals surface area contributed by atoms with Crippen LogP contribution in [-0.4, -0.2) is 21.3 Å². The molecule has 0 spiro atoms. The molecule has 5 heteroatoms. The van der Waals surface area contributed by atoms with E-state index in [9.17, 15) is 0 Å². The van der Waals surface area contributed by atoms with Crippen LogP contribution in [-0.2, 0) is 0 Å². The van der Waals surface area contributed by atoms with E-state index in [1.807, 2.05) is 37.5 Å². The lowest BCUT2D eigenvalue weighted by Gasteiger charge is -2.04. The number of nitrogens with one attached hydrogen (secondary N) is 1. The van der Waals surface area contributed by atoms with Crippen LogP contribution in [0.1, 0.15) is 6.92 Å². The molecule has 0 radical (unpaired) electrons. The summed E-state index contributed by atoms with van der Waals surface area (Å²) < 4.78 is 2.87. The van der Waals surface area contributed by atoms with Gasteiger partial charge in [-0.25, -0.2) is 9.67 Å². The Morgan fingerprint density at radius 2 is 2.33 bits per heavy atom. The molecule has 0 amide bonds. The van der Waals surface area contributed by atoms with Crippen LogP contribution < -0.4 is 5.32 Å². The Hall–Kier alpha value is -1.11. The molecule has 2 heterocycles. The van der Waals surface area contributed by atoms with Crippen molar-refractivity contribution in [3.05, 3.63) is 34.2 Å². The van der Waals surface area contributed by atoms with Crippen LogP contribution in [0.5, 0.6) is 0 Å². The molecule has 0 unspecified atom stereocenters. The third-order valence-electron chi connectivity index (χ3n) is 1.88. The van der Waals surface area contributed by atoms with Crippen molar-refractivity contribution in [2.24, 2.45) is 0 Å². The van der Waals surface area contributed by atoms with Gasteiger partial charge in [-0.1, -0.05) is 6.07 Å². The molecule has 2 rings (SSSR count). The van der Waals surface area contributed by atoms with Crippen molar-refractivity contribution in [1.29, 1.82) is 0 Å². The monoisotopic (exact) mass is 314 g/mol. The van der Waals surface area contributed by atoms with Crippen LogP contribution >= 0.6 is 22.6 Å². The number of nitrogens with zero attached hydrogens (tertiary/aromatic N) is 3. The third-order valence-corrected chi connectivity index (χ3v) is 2.44. The lowest BCUT2D eigenvalue weighted by atomic mass is 10.4. The molecule has 0 aliphatic heterocycles. The van der Waals surface area contributed by atoms with Crippen molar-refractivity contribution < 1.29 is 0 Å². The Morgan fingerprint density at radius 3 is 3.00 bits per heavy atom. The van der Waals surface area contributed by atoms with Crippen molar-refractivity contribution >= 4 is 28.4 Å². The Bertz CT molecular complexity index is 452. The van der Waals surface area contributed by atoms with Gasteiger partial charge in [0.25, 0.3) is 0 Å². The van der Waals surface area contributed by atoms with Gasteiger partial charge in [0.1, 0.15) is 5.82 Å². The maximum atomic E-state index is 4.43. The topological polar surface area (TPSA) is 42.7 Å². The second kappa shape index (κ2) is 4.61. The molecule has 4 nitrogen and oxygen atoms in total.